The van der Waals surface area contributed by atoms with Gasteiger partial charge in [-0.05, 0) is 68.1 Å². The Labute approximate surface area is 226 Å². The predicted octanol–water partition coefficient (Wildman–Crippen LogP) is 9.01. The largest absolute Gasteiger partial charge is 0.423 e. The molecule has 6 aromatic rings. The average Bonchev–Trinajstić information content (AvgIpc) is 3.39. The Bertz CT molecular complexity index is 1940. The Kier molecular flexibility index (Phi) is 4.89. The van der Waals surface area contributed by atoms with Crippen molar-refractivity contribution in [2.75, 3.05) is 4.90 Å². The van der Waals surface area contributed by atoms with Crippen molar-refractivity contribution >= 4 is 39.0 Å². The predicted molar refractivity (Wildman–Crippen MR) is 161 cm³/mol. The van der Waals surface area contributed by atoms with Gasteiger partial charge >= 0.3 is 6.02 Å². The first-order valence-electron chi connectivity index (χ1n) is 13.3. The third-order valence-corrected chi connectivity index (χ3v) is 7.71. The maximum atomic E-state index is 6.23. The van der Waals surface area contributed by atoms with Gasteiger partial charge in [0.25, 0.3) is 0 Å². The average molecular weight is 501 g/mol. The van der Waals surface area contributed by atoms with Crippen LogP contribution in [0, 0.1) is 0 Å². The second kappa shape index (κ2) is 8.71. The second-order valence-electron chi connectivity index (χ2n) is 9.99. The highest BCUT2D eigenvalue weighted by atomic mass is 16.5. The SMILES string of the molecule is C1=C(c2ccc(-c3cc4ccccc4c4ccccc34)cc2)N2C(=NC1c1ccccc1)Oc1ccccc12. The van der Waals surface area contributed by atoms with Gasteiger partial charge in [0, 0.05) is 0 Å². The molecule has 0 bridgehead atoms. The number of fused-ring (bicyclic) bond motifs is 6. The molecule has 2 aliphatic heterocycles. The summed E-state index contributed by atoms with van der Waals surface area (Å²) in [4.78, 5) is 7.11. The van der Waals surface area contributed by atoms with Crippen LogP contribution in [0.2, 0.25) is 0 Å². The van der Waals surface area contributed by atoms with E-state index in [2.05, 4.69) is 120 Å². The minimum absolute atomic E-state index is 0.120. The zero-order valence-corrected chi connectivity index (χ0v) is 21.2. The molecule has 6 aromatic carbocycles. The van der Waals surface area contributed by atoms with Crippen molar-refractivity contribution in [3.63, 3.8) is 0 Å². The molecule has 0 fully saturated rings. The Hall–Kier alpha value is -5.15. The number of para-hydroxylation sites is 2. The normalized spacial score (nSPS) is 15.9. The van der Waals surface area contributed by atoms with Crippen molar-refractivity contribution < 1.29 is 4.74 Å². The maximum Gasteiger partial charge on any atom is 0.303 e. The lowest BCUT2D eigenvalue weighted by Crippen LogP contribution is -2.31. The van der Waals surface area contributed by atoms with Crippen LogP contribution >= 0.6 is 0 Å². The number of nitrogens with zero attached hydrogens (tertiary/aromatic N) is 2. The fourth-order valence-electron chi connectivity index (χ4n) is 5.83. The van der Waals surface area contributed by atoms with E-state index in [1.807, 2.05) is 24.3 Å². The molecule has 0 aromatic heterocycles. The standard InChI is InChI=1S/C36H24N2O/c1-2-10-25(11-3-1)32-23-34(38-33-16-8-9-17-35(33)39-36(38)37-32)26-20-18-24(19-21-26)31-22-27-12-4-5-13-28(27)29-14-6-7-15-30(29)31/h1-23,32H. The molecule has 1 atom stereocenters. The number of aliphatic imine (C=N–C) groups is 1. The highest BCUT2D eigenvalue weighted by Gasteiger charge is 2.35. The molecule has 3 heteroatoms. The van der Waals surface area contributed by atoms with E-state index in [1.54, 1.807) is 0 Å². The van der Waals surface area contributed by atoms with Crippen molar-refractivity contribution in [2.45, 2.75) is 6.04 Å². The van der Waals surface area contributed by atoms with Crippen molar-refractivity contribution in [3.05, 3.63) is 151 Å². The third kappa shape index (κ3) is 3.55. The van der Waals surface area contributed by atoms with Crippen molar-refractivity contribution in [1.29, 1.82) is 0 Å². The van der Waals surface area contributed by atoms with Crippen LogP contribution in [0.5, 0.6) is 5.75 Å². The second-order valence-corrected chi connectivity index (χ2v) is 9.99. The van der Waals surface area contributed by atoms with Gasteiger partial charge in [0.2, 0.25) is 0 Å². The van der Waals surface area contributed by atoms with E-state index in [9.17, 15) is 0 Å². The van der Waals surface area contributed by atoms with Crippen LogP contribution in [0.3, 0.4) is 0 Å². The number of rotatable bonds is 3. The van der Waals surface area contributed by atoms with Gasteiger partial charge in [0.05, 0.1) is 11.4 Å². The summed E-state index contributed by atoms with van der Waals surface area (Å²) in [5.74, 6) is 0.829. The summed E-state index contributed by atoms with van der Waals surface area (Å²) in [6.07, 6.45) is 2.24. The number of ether oxygens (including phenoxy) is 1. The lowest BCUT2D eigenvalue weighted by Gasteiger charge is -2.27. The number of benzene rings is 6. The first-order valence-corrected chi connectivity index (χ1v) is 13.3. The molecule has 3 nitrogen and oxygen atoms in total. The zero-order valence-electron chi connectivity index (χ0n) is 21.2. The molecule has 2 aliphatic rings. The lowest BCUT2D eigenvalue weighted by atomic mass is 9.92. The van der Waals surface area contributed by atoms with E-state index < -0.39 is 0 Å². The molecule has 0 saturated carbocycles. The fourth-order valence-corrected chi connectivity index (χ4v) is 5.83. The molecule has 8 rings (SSSR count). The molecular formula is C36H24N2O. The molecule has 0 N–H and O–H groups in total. The molecule has 39 heavy (non-hydrogen) atoms. The highest BCUT2D eigenvalue weighted by Crippen LogP contribution is 2.44. The van der Waals surface area contributed by atoms with Crippen LogP contribution in [0.4, 0.5) is 5.69 Å². The first-order chi connectivity index (χ1) is 19.3. The van der Waals surface area contributed by atoms with Crippen LogP contribution in [0.15, 0.2) is 145 Å². The fraction of sp³-hybridized carbons (Fsp3) is 0.0278. The van der Waals surface area contributed by atoms with Crippen LogP contribution in [-0.4, -0.2) is 6.02 Å². The monoisotopic (exact) mass is 500 g/mol. The molecule has 0 aliphatic carbocycles. The van der Waals surface area contributed by atoms with Gasteiger partial charge in [-0.15, -0.1) is 0 Å². The Morgan fingerprint density at radius 2 is 1.26 bits per heavy atom. The van der Waals surface area contributed by atoms with Gasteiger partial charge in [-0.3, -0.25) is 4.90 Å². The van der Waals surface area contributed by atoms with Crippen LogP contribution < -0.4 is 9.64 Å². The van der Waals surface area contributed by atoms with Gasteiger partial charge in [0.1, 0.15) is 6.04 Å². The zero-order chi connectivity index (χ0) is 25.8. The van der Waals surface area contributed by atoms with E-state index in [-0.39, 0.29) is 6.04 Å². The van der Waals surface area contributed by atoms with Crippen LogP contribution in [0.25, 0.3) is 38.4 Å². The smallest absolute Gasteiger partial charge is 0.303 e. The summed E-state index contributed by atoms with van der Waals surface area (Å²) in [6.45, 7) is 0. The summed E-state index contributed by atoms with van der Waals surface area (Å²) < 4.78 is 6.23. The summed E-state index contributed by atoms with van der Waals surface area (Å²) in [6, 6.07) is 47.5. The van der Waals surface area contributed by atoms with Crippen LogP contribution in [0.1, 0.15) is 17.2 Å². The van der Waals surface area contributed by atoms with E-state index in [0.29, 0.717) is 6.02 Å². The van der Waals surface area contributed by atoms with Crippen molar-refractivity contribution in [3.8, 4) is 16.9 Å². The Balaban J connectivity index is 1.26. The molecular weight excluding hydrogens is 476 g/mol. The van der Waals surface area contributed by atoms with Gasteiger partial charge in [-0.25, -0.2) is 4.99 Å². The van der Waals surface area contributed by atoms with Crippen molar-refractivity contribution in [2.24, 2.45) is 4.99 Å². The number of hydrogen-bond donors (Lipinski definition) is 0. The number of anilines is 1. The molecule has 0 radical (unpaired) electrons. The van der Waals surface area contributed by atoms with E-state index in [0.717, 1.165) is 28.3 Å². The maximum absolute atomic E-state index is 6.23. The topological polar surface area (TPSA) is 24.8 Å². The summed E-state index contributed by atoms with van der Waals surface area (Å²) in [5, 5.41) is 5.08. The Morgan fingerprint density at radius 3 is 2.10 bits per heavy atom. The molecule has 2 heterocycles. The highest BCUT2D eigenvalue weighted by molar-refractivity contribution is 6.14. The minimum Gasteiger partial charge on any atom is -0.423 e. The summed E-state index contributed by atoms with van der Waals surface area (Å²) in [5.41, 5.74) is 6.79. The molecule has 0 amide bonds. The van der Waals surface area contributed by atoms with Crippen molar-refractivity contribution in [1.82, 2.24) is 0 Å². The van der Waals surface area contributed by atoms with Gasteiger partial charge < -0.3 is 4.74 Å². The summed E-state index contributed by atoms with van der Waals surface area (Å²) in [7, 11) is 0. The number of amidine groups is 1. The van der Waals surface area contributed by atoms with E-state index in [4.69, 9.17) is 9.73 Å². The lowest BCUT2D eigenvalue weighted by molar-refractivity contribution is 0.556. The van der Waals surface area contributed by atoms with Gasteiger partial charge in [-0.1, -0.05) is 115 Å². The van der Waals surface area contributed by atoms with Gasteiger partial charge in [-0.2, -0.15) is 0 Å². The molecule has 1 unspecified atom stereocenters. The quantitative estimate of drug-likeness (QED) is 0.227. The molecule has 0 saturated heterocycles. The minimum atomic E-state index is -0.120. The Morgan fingerprint density at radius 1 is 0.590 bits per heavy atom. The molecule has 184 valence electrons. The summed E-state index contributed by atoms with van der Waals surface area (Å²) >= 11 is 0. The van der Waals surface area contributed by atoms with E-state index >= 15 is 0 Å². The number of hydrogen-bond acceptors (Lipinski definition) is 3. The van der Waals surface area contributed by atoms with Gasteiger partial charge in [0.15, 0.2) is 5.75 Å². The third-order valence-electron chi connectivity index (χ3n) is 7.71. The first kappa shape index (κ1) is 21.9. The van der Waals surface area contributed by atoms with E-state index in [1.165, 1.54) is 32.7 Å². The molecule has 0 spiro atoms. The van der Waals surface area contributed by atoms with Crippen LogP contribution in [-0.2, 0) is 0 Å².